The lowest BCUT2D eigenvalue weighted by Crippen LogP contribution is -2.14. The van der Waals surface area contributed by atoms with Gasteiger partial charge in [0.1, 0.15) is 0 Å². The molecule has 4 aromatic rings. The number of aromatic nitrogens is 2. The molecule has 0 fully saturated rings. The summed E-state index contributed by atoms with van der Waals surface area (Å²) in [5.74, 6) is -0.926. The summed E-state index contributed by atoms with van der Waals surface area (Å²) in [7, 11) is -3.44. The van der Waals surface area contributed by atoms with Crippen LogP contribution in [0.25, 0.3) is 10.9 Å². The minimum absolute atomic E-state index is 0.0418. The number of anilines is 2. The fourth-order valence-corrected chi connectivity index (χ4v) is 3.98. The highest BCUT2D eigenvalue weighted by Gasteiger charge is 2.16. The normalized spacial score (nSPS) is 11.3. The molecule has 0 aliphatic heterocycles. The van der Waals surface area contributed by atoms with Crippen LogP contribution >= 0.6 is 11.6 Å². The van der Waals surface area contributed by atoms with Crippen LogP contribution in [0.2, 0.25) is 5.02 Å². The number of halogens is 1. The molecule has 0 aliphatic rings. The molecular weight excluding hydrogens is 452 g/mol. The number of nitrogens with one attached hydrogen (secondary N) is 3. The van der Waals surface area contributed by atoms with Crippen molar-refractivity contribution in [1.82, 2.24) is 10.2 Å². The molecule has 3 aromatic carbocycles. The van der Waals surface area contributed by atoms with Crippen LogP contribution in [0.3, 0.4) is 0 Å². The molecule has 0 atom stereocenters. The number of H-pyrrole nitrogens is 1. The van der Waals surface area contributed by atoms with E-state index in [9.17, 15) is 18.0 Å². The zero-order valence-corrected chi connectivity index (χ0v) is 18.3. The average molecular weight is 469 g/mol. The molecule has 0 unspecified atom stereocenters. The van der Waals surface area contributed by atoms with E-state index in [1.165, 1.54) is 30.3 Å². The van der Waals surface area contributed by atoms with E-state index in [2.05, 4.69) is 20.8 Å². The number of carbonyl (C=O) groups is 2. The van der Waals surface area contributed by atoms with Gasteiger partial charge in [-0.05, 0) is 42.5 Å². The Morgan fingerprint density at radius 2 is 1.72 bits per heavy atom. The minimum Gasteiger partial charge on any atom is -0.321 e. The summed E-state index contributed by atoms with van der Waals surface area (Å²) in [4.78, 5) is 25.2. The van der Waals surface area contributed by atoms with Crippen molar-refractivity contribution in [3.05, 3.63) is 83.0 Å². The Balaban J connectivity index is 1.50. The third-order valence-corrected chi connectivity index (χ3v) is 6.11. The predicted molar refractivity (Wildman–Crippen MR) is 123 cm³/mol. The van der Waals surface area contributed by atoms with Gasteiger partial charge in [-0.3, -0.25) is 14.7 Å². The lowest BCUT2D eigenvalue weighted by molar-refractivity contribution is 0.101. The van der Waals surface area contributed by atoms with Crippen LogP contribution in [0.1, 0.15) is 20.8 Å². The van der Waals surface area contributed by atoms with Crippen LogP contribution < -0.4 is 10.6 Å². The van der Waals surface area contributed by atoms with Gasteiger partial charge in [-0.15, -0.1) is 0 Å². The maximum atomic E-state index is 12.6. The fourth-order valence-electron chi connectivity index (χ4n) is 3.08. The van der Waals surface area contributed by atoms with E-state index in [1.807, 2.05) is 18.2 Å². The highest BCUT2D eigenvalue weighted by Crippen LogP contribution is 2.27. The van der Waals surface area contributed by atoms with Crippen LogP contribution in [-0.2, 0) is 9.84 Å². The molecule has 0 radical (unpaired) electrons. The molecule has 0 bridgehead atoms. The number of hydrogen-bond acceptors (Lipinski definition) is 5. The molecule has 0 saturated heterocycles. The van der Waals surface area contributed by atoms with Crippen molar-refractivity contribution in [3.8, 4) is 0 Å². The molecular formula is C22H17ClN4O4S. The van der Waals surface area contributed by atoms with E-state index >= 15 is 0 Å². The molecule has 32 heavy (non-hydrogen) atoms. The Morgan fingerprint density at radius 3 is 2.47 bits per heavy atom. The van der Waals surface area contributed by atoms with Crippen molar-refractivity contribution in [2.45, 2.75) is 4.90 Å². The summed E-state index contributed by atoms with van der Waals surface area (Å²) in [5.41, 5.74) is 1.90. The Labute approximate surface area is 188 Å². The van der Waals surface area contributed by atoms with E-state index in [0.29, 0.717) is 16.8 Å². The van der Waals surface area contributed by atoms with E-state index in [-0.39, 0.29) is 21.2 Å². The molecule has 0 spiro atoms. The number of sulfone groups is 1. The van der Waals surface area contributed by atoms with Gasteiger partial charge in [0.25, 0.3) is 11.8 Å². The van der Waals surface area contributed by atoms with Crippen molar-refractivity contribution in [3.63, 3.8) is 0 Å². The second-order valence-electron chi connectivity index (χ2n) is 7.02. The number of hydrogen-bond donors (Lipinski definition) is 3. The highest BCUT2D eigenvalue weighted by atomic mass is 35.5. The van der Waals surface area contributed by atoms with Crippen molar-refractivity contribution in [2.24, 2.45) is 0 Å². The predicted octanol–water partition coefficient (Wildman–Crippen LogP) is 4.12. The number of nitrogens with zero attached hydrogens (tertiary/aromatic N) is 1. The van der Waals surface area contributed by atoms with Crippen molar-refractivity contribution in [1.29, 1.82) is 0 Å². The van der Waals surface area contributed by atoms with Crippen LogP contribution in [0, 0.1) is 0 Å². The van der Waals surface area contributed by atoms with Crippen LogP contribution in [-0.4, -0.2) is 36.7 Å². The summed E-state index contributed by atoms with van der Waals surface area (Å²) in [6, 6.07) is 17.6. The smallest absolute Gasteiger partial charge is 0.276 e. The third-order valence-electron chi connectivity index (χ3n) is 4.68. The first-order valence-electron chi connectivity index (χ1n) is 9.38. The van der Waals surface area contributed by atoms with Crippen LogP contribution in [0.5, 0.6) is 0 Å². The monoisotopic (exact) mass is 468 g/mol. The molecule has 162 valence electrons. The number of para-hydroxylation sites is 1. The molecule has 1 aromatic heterocycles. The maximum Gasteiger partial charge on any atom is 0.276 e. The maximum absolute atomic E-state index is 12.6. The van der Waals surface area contributed by atoms with Gasteiger partial charge in [-0.1, -0.05) is 35.9 Å². The molecule has 0 aliphatic carbocycles. The van der Waals surface area contributed by atoms with E-state index < -0.39 is 21.7 Å². The number of aromatic amines is 1. The first-order valence-corrected chi connectivity index (χ1v) is 11.6. The summed E-state index contributed by atoms with van der Waals surface area (Å²) < 4.78 is 23.4. The van der Waals surface area contributed by atoms with E-state index in [1.54, 1.807) is 18.2 Å². The number of fused-ring (bicyclic) bond motifs is 1. The van der Waals surface area contributed by atoms with Crippen molar-refractivity contribution in [2.75, 3.05) is 16.9 Å². The standard InChI is InChI=1S/C22H17ClN4O4S/c1-32(30,31)15-6-4-5-13(11-15)21(28)25-19-10-9-14(12-17(19)23)24-22(29)20-16-7-2-3-8-18(16)26-27-20/h2-12H,1H3,(H,24,29)(H,25,28)(H,26,27). The summed E-state index contributed by atoms with van der Waals surface area (Å²) >= 11 is 6.28. The average Bonchev–Trinajstić information content (AvgIpc) is 3.19. The molecule has 8 nitrogen and oxygen atoms in total. The Hall–Kier alpha value is -3.69. The zero-order chi connectivity index (χ0) is 22.9. The van der Waals surface area contributed by atoms with Crippen LogP contribution in [0.15, 0.2) is 71.6 Å². The van der Waals surface area contributed by atoms with Gasteiger partial charge in [-0.25, -0.2) is 8.42 Å². The van der Waals surface area contributed by atoms with E-state index in [0.717, 1.165) is 11.8 Å². The second kappa shape index (κ2) is 8.45. The number of amides is 2. The van der Waals surface area contributed by atoms with Crippen LogP contribution in [0.4, 0.5) is 11.4 Å². The topological polar surface area (TPSA) is 121 Å². The Morgan fingerprint density at radius 1 is 0.938 bits per heavy atom. The van der Waals surface area contributed by atoms with Gasteiger partial charge in [-0.2, -0.15) is 5.10 Å². The van der Waals surface area contributed by atoms with Crippen molar-refractivity contribution >= 4 is 55.5 Å². The number of rotatable bonds is 5. The molecule has 1 heterocycles. The van der Waals surface area contributed by atoms with Crippen molar-refractivity contribution < 1.29 is 18.0 Å². The minimum atomic E-state index is -3.44. The lowest BCUT2D eigenvalue weighted by atomic mass is 10.2. The first kappa shape index (κ1) is 21.5. The quantitative estimate of drug-likeness (QED) is 0.406. The zero-order valence-electron chi connectivity index (χ0n) is 16.7. The first-order chi connectivity index (χ1) is 15.2. The van der Waals surface area contributed by atoms with Gasteiger partial charge >= 0.3 is 0 Å². The fraction of sp³-hybridized carbons (Fsp3) is 0.0455. The SMILES string of the molecule is CS(=O)(=O)c1cccc(C(=O)Nc2ccc(NC(=O)c3n[nH]c4ccccc34)cc2Cl)c1. The summed E-state index contributed by atoms with van der Waals surface area (Å²) in [6.07, 6.45) is 1.07. The van der Waals surface area contributed by atoms with Gasteiger partial charge in [0.05, 0.1) is 21.1 Å². The van der Waals surface area contributed by atoms with E-state index in [4.69, 9.17) is 11.6 Å². The van der Waals surface area contributed by atoms with Gasteiger partial charge < -0.3 is 10.6 Å². The molecule has 2 amide bonds. The molecule has 10 heteroatoms. The number of carbonyl (C=O) groups excluding carboxylic acids is 2. The van der Waals surface area contributed by atoms with Gasteiger partial charge in [0.15, 0.2) is 15.5 Å². The lowest BCUT2D eigenvalue weighted by Gasteiger charge is -2.10. The highest BCUT2D eigenvalue weighted by molar-refractivity contribution is 7.90. The number of benzene rings is 3. The molecule has 3 N–H and O–H groups in total. The Bertz CT molecular complexity index is 1460. The molecule has 0 saturated carbocycles. The summed E-state index contributed by atoms with van der Waals surface area (Å²) in [5, 5.41) is 13.1. The third kappa shape index (κ3) is 4.48. The Kier molecular flexibility index (Phi) is 5.68. The summed E-state index contributed by atoms with van der Waals surface area (Å²) in [6.45, 7) is 0. The van der Waals surface area contributed by atoms with Gasteiger partial charge in [0.2, 0.25) is 0 Å². The molecule has 4 rings (SSSR count). The second-order valence-corrected chi connectivity index (χ2v) is 9.44. The van der Waals surface area contributed by atoms with Gasteiger partial charge in [0, 0.05) is 22.9 Å². The largest absolute Gasteiger partial charge is 0.321 e.